The van der Waals surface area contributed by atoms with Crippen molar-refractivity contribution in [1.82, 2.24) is 10.3 Å². The third-order valence-corrected chi connectivity index (χ3v) is 3.51. The van der Waals surface area contributed by atoms with Crippen LogP contribution >= 0.6 is 0 Å². The summed E-state index contributed by atoms with van der Waals surface area (Å²) in [6.45, 7) is 5.92. The zero-order valence-corrected chi connectivity index (χ0v) is 13.3. The second-order valence-corrected chi connectivity index (χ2v) is 5.28. The summed E-state index contributed by atoms with van der Waals surface area (Å²) in [5.74, 6) is -0.254. The van der Waals surface area contributed by atoms with Crippen molar-refractivity contribution in [3.05, 3.63) is 53.3 Å². The minimum atomic E-state index is -0.254. The van der Waals surface area contributed by atoms with E-state index >= 15 is 0 Å². The Morgan fingerprint density at radius 2 is 2.09 bits per heavy atom. The number of nitrogens with one attached hydrogen (secondary N) is 1. The Bertz CT molecular complexity index is 653. The molecule has 0 unspecified atom stereocenters. The summed E-state index contributed by atoms with van der Waals surface area (Å²) in [4.78, 5) is 15.7. The van der Waals surface area contributed by atoms with E-state index in [0.29, 0.717) is 0 Å². The van der Waals surface area contributed by atoms with Gasteiger partial charge in [-0.05, 0) is 36.2 Å². The Morgan fingerprint density at radius 1 is 1.27 bits per heavy atom. The van der Waals surface area contributed by atoms with Gasteiger partial charge < -0.3 is 10.1 Å². The number of aromatic nitrogens is 1. The number of nitrogens with zero attached hydrogens (tertiary/aromatic N) is 1. The Balaban J connectivity index is 2.34. The van der Waals surface area contributed by atoms with Crippen molar-refractivity contribution in [2.45, 2.75) is 26.8 Å². The predicted molar refractivity (Wildman–Crippen MR) is 87.5 cm³/mol. The average Bonchev–Trinajstić information content (AvgIpc) is 2.53. The SMILES string of the molecule is CCNCc1cc(C)ccc1-c1cncc(CC(=O)OC)c1. The van der Waals surface area contributed by atoms with Crippen molar-refractivity contribution in [2.75, 3.05) is 13.7 Å². The third kappa shape index (κ3) is 4.15. The van der Waals surface area contributed by atoms with Crippen molar-refractivity contribution >= 4 is 5.97 Å². The number of methoxy groups -OCH3 is 1. The minimum Gasteiger partial charge on any atom is -0.469 e. The molecule has 1 N–H and O–H groups in total. The normalized spacial score (nSPS) is 10.5. The summed E-state index contributed by atoms with van der Waals surface area (Å²) in [6.07, 6.45) is 3.78. The van der Waals surface area contributed by atoms with Gasteiger partial charge in [0.05, 0.1) is 13.5 Å². The molecule has 2 aromatic rings. The molecule has 116 valence electrons. The zero-order chi connectivity index (χ0) is 15.9. The lowest BCUT2D eigenvalue weighted by molar-refractivity contribution is -0.139. The van der Waals surface area contributed by atoms with Crippen molar-refractivity contribution in [3.8, 4) is 11.1 Å². The standard InChI is InChI=1S/C18H22N2O2/c1-4-19-11-15-7-13(2)5-6-17(15)16-8-14(10-20-12-16)9-18(21)22-3/h5-8,10,12,19H,4,9,11H2,1-3H3. The van der Waals surface area contributed by atoms with Crippen molar-refractivity contribution in [3.63, 3.8) is 0 Å². The number of carbonyl (C=O) groups is 1. The molecule has 0 aliphatic rings. The highest BCUT2D eigenvalue weighted by Crippen LogP contribution is 2.25. The molecule has 1 aromatic heterocycles. The summed E-state index contributed by atoms with van der Waals surface area (Å²) < 4.78 is 4.72. The molecule has 0 atom stereocenters. The molecule has 1 heterocycles. The molecule has 4 nitrogen and oxygen atoms in total. The molecule has 1 aromatic carbocycles. The van der Waals surface area contributed by atoms with Gasteiger partial charge in [-0.1, -0.05) is 30.7 Å². The van der Waals surface area contributed by atoms with Crippen LogP contribution in [-0.2, 0) is 22.5 Å². The summed E-state index contributed by atoms with van der Waals surface area (Å²) in [7, 11) is 1.40. The number of aryl methyl sites for hydroxylation is 1. The smallest absolute Gasteiger partial charge is 0.310 e. The Kier molecular flexibility index (Phi) is 5.67. The lowest BCUT2D eigenvalue weighted by Gasteiger charge is -2.12. The third-order valence-electron chi connectivity index (χ3n) is 3.51. The summed E-state index contributed by atoms with van der Waals surface area (Å²) in [6, 6.07) is 8.40. The molecule has 0 saturated carbocycles. The lowest BCUT2D eigenvalue weighted by atomic mass is 9.97. The van der Waals surface area contributed by atoms with E-state index < -0.39 is 0 Å². The highest BCUT2D eigenvalue weighted by molar-refractivity contribution is 5.74. The fraction of sp³-hybridized carbons (Fsp3) is 0.333. The minimum absolute atomic E-state index is 0.242. The van der Waals surface area contributed by atoms with Gasteiger partial charge in [-0.2, -0.15) is 0 Å². The van der Waals surface area contributed by atoms with E-state index in [1.165, 1.54) is 18.2 Å². The van der Waals surface area contributed by atoms with E-state index in [0.717, 1.165) is 29.8 Å². The number of rotatable bonds is 6. The van der Waals surface area contributed by atoms with Gasteiger partial charge in [0.25, 0.3) is 0 Å². The van der Waals surface area contributed by atoms with Crippen LogP contribution in [0.1, 0.15) is 23.6 Å². The molecule has 0 spiro atoms. The van der Waals surface area contributed by atoms with E-state index in [-0.39, 0.29) is 12.4 Å². The molecule has 2 rings (SSSR count). The fourth-order valence-corrected chi connectivity index (χ4v) is 2.38. The van der Waals surface area contributed by atoms with Crippen LogP contribution in [0.15, 0.2) is 36.7 Å². The number of hydrogen-bond acceptors (Lipinski definition) is 4. The molecular weight excluding hydrogens is 276 g/mol. The van der Waals surface area contributed by atoms with Crippen LogP contribution in [0.4, 0.5) is 0 Å². The highest BCUT2D eigenvalue weighted by Gasteiger charge is 2.09. The number of ether oxygens (including phenoxy) is 1. The van der Waals surface area contributed by atoms with Gasteiger partial charge in [0, 0.05) is 24.5 Å². The van der Waals surface area contributed by atoms with E-state index in [2.05, 4.69) is 42.3 Å². The molecular formula is C18H22N2O2. The Hall–Kier alpha value is -2.20. The molecule has 22 heavy (non-hydrogen) atoms. The fourth-order valence-electron chi connectivity index (χ4n) is 2.38. The van der Waals surface area contributed by atoms with Crippen LogP contribution in [0.3, 0.4) is 0 Å². The monoisotopic (exact) mass is 298 g/mol. The second kappa shape index (κ2) is 7.71. The van der Waals surface area contributed by atoms with Crippen LogP contribution < -0.4 is 5.32 Å². The number of hydrogen-bond donors (Lipinski definition) is 1. The van der Waals surface area contributed by atoms with Crippen LogP contribution in [0.2, 0.25) is 0 Å². The zero-order valence-electron chi connectivity index (χ0n) is 13.3. The quantitative estimate of drug-likeness (QED) is 0.833. The van der Waals surface area contributed by atoms with Gasteiger partial charge in [-0.15, -0.1) is 0 Å². The van der Waals surface area contributed by atoms with Crippen LogP contribution in [-0.4, -0.2) is 24.6 Å². The first-order valence-corrected chi connectivity index (χ1v) is 7.45. The average molecular weight is 298 g/mol. The van der Waals surface area contributed by atoms with Gasteiger partial charge in [-0.3, -0.25) is 9.78 Å². The number of carbonyl (C=O) groups excluding carboxylic acids is 1. The Morgan fingerprint density at radius 3 is 2.82 bits per heavy atom. The number of esters is 1. The maximum atomic E-state index is 11.4. The van der Waals surface area contributed by atoms with E-state index in [1.807, 2.05) is 12.3 Å². The first-order valence-electron chi connectivity index (χ1n) is 7.45. The van der Waals surface area contributed by atoms with Gasteiger partial charge in [0.15, 0.2) is 0 Å². The van der Waals surface area contributed by atoms with Gasteiger partial charge in [0.1, 0.15) is 0 Å². The molecule has 4 heteroatoms. The first kappa shape index (κ1) is 16.2. The second-order valence-electron chi connectivity index (χ2n) is 5.28. The van der Waals surface area contributed by atoms with Crippen molar-refractivity contribution < 1.29 is 9.53 Å². The Labute approximate surface area is 131 Å². The summed E-state index contributed by atoms with van der Waals surface area (Å²) in [5, 5.41) is 3.36. The first-order chi connectivity index (χ1) is 10.6. The van der Waals surface area contributed by atoms with E-state index in [4.69, 9.17) is 4.74 Å². The van der Waals surface area contributed by atoms with E-state index in [9.17, 15) is 4.79 Å². The number of benzene rings is 1. The summed E-state index contributed by atoms with van der Waals surface area (Å²) in [5.41, 5.74) is 5.49. The van der Waals surface area contributed by atoms with Crippen LogP contribution in [0, 0.1) is 6.92 Å². The highest BCUT2D eigenvalue weighted by atomic mass is 16.5. The van der Waals surface area contributed by atoms with Gasteiger partial charge >= 0.3 is 5.97 Å². The maximum absolute atomic E-state index is 11.4. The lowest BCUT2D eigenvalue weighted by Crippen LogP contribution is -2.12. The largest absolute Gasteiger partial charge is 0.469 e. The van der Waals surface area contributed by atoms with Crippen LogP contribution in [0.25, 0.3) is 11.1 Å². The summed E-state index contributed by atoms with van der Waals surface area (Å²) >= 11 is 0. The predicted octanol–water partition coefficient (Wildman–Crippen LogP) is 2.88. The molecule has 0 radical (unpaired) electrons. The van der Waals surface area contributed by atoms with Gasteiger partial charge in [-0.25, -0.2) is 0 Å². The molecule has 0 fully saturated rings. The molecule has 0 saturated heterocycles. The topological polar surface area (TPSA) is 51.2 Å². The van der Waals surface area contributed by atoms with Gasteiger partial charge in [0.2, 0.25) is 0 Å². The van der Waals surface area contributed by atoms with Crippen molar-refractivity contribution in [2.24, 2.45) is 0 Å². The molecule has 0 bridgehead atoms. The van der Waals surface area contributed by atoms with Crippen molar-refractivity contribution in [1.29, 1.82) is 0 Å². The van der Waals surface area contributed by atoms with Crippen LogP contribution in [0.5, 0.6) is 0 Å². The van der Waals surface area contributed by atoms with E-state index in [1.54, 1.807) is 6.20 Å². The molecule has 0 aliphatic carbocycles. The number of pyridine rings is 1. The molecule has 0 aliphatic heterocycles. The maximum Gasteiger partial charge on any atom is 0.310 e. The molecule has 0 amide bonds.